The molecule has 0 saturated heterocycles. The van der Waals surface area contributed by atoms with E-state index in [1.54, 1.807) is 42.4 Å². The summed E-state index contributed by atoms with van der Waals surface area (Å²) in [7, 11) is 1.56. The lowest BCUT2D eigenvalue weighted by Gasteiger charge is -2.07. The Morgan fingerprint density at radius 1 is 1.03 bits per heavy atom. The Labute approximate surface area is 171 Å². The van der Waals surface area contributed by atoms with Crippen LogP contribution in [0, 0.1) is 10.1 Å². The van der Waals surface area contributed by atoms with Crippen molar-refractivity contribution in [2.45, 2.75) is 0 Å². The molecular formula is C21H15ClN4O3. The number of non-ortho nitro benzene ring substituents is 1. The van der Waals surface area contributed by atoms with Gasteiger partial charge in [-0.25, -0.2) is 4.68 Å². The minimum absolute atomic E-state index is 0.0259. The molecule has 0 saturated carbocycles. The van der Waals surface area contributed by atoms with Crippen molar-refractivity contribution in [3.8, 4) is 33.8 Å². The molecule has 0 bridgehead atoms. The van der Waals surface area contributed by atoms with Crippen LogP contribution in [-0.4, -0.2) is 26.8 Å². The Morgan fingerprint density at radius 3 is 2.41 bits per heavy atom. The van der Waals surface area contributed by atoms with Gasteiger partial charge in [0.25, 0.3) is 5.69 Å². The van der Waals surface area contributed by atoms with Crippen molar-refractivity contribution in [2.75, 3.05) is 7.11 Å². The first-order valence-corrected chi connectivity index (χ1v) is 9.03. The molecule has 4 aromatic rings. The zero-order valence-electron chi connectivity index (χ0n) is 15.3. The molecule has 8 heteroatoms. The predicted molar refractivity (Wildman–Crippen MR) is 110 cm³/mol. The zero-order valence-corrected chi connectivity index (χ0v) is 16.1. The lowest BCUT2D eigenvalue weighted by Crippen LogP contribution is -1.96. The van der Waals surface area contributed by atoms with E-state index < -0.39 is 4.92 Å². The SMILES string of the molecule is COc1cc(-c2nn(-c3ccc([N+](=O)[O-])cc3)cc2-c2ccncc2)ccc1Cl. The van der Waals surface area contributed by atoms with Crippen LogP contribution >= 0.6 is 11.6 Å². The third-order valence-corrected chi connectivity index (χ3v) is 4.77. The van der Waals surface area contributed by atoms with Gasteiger partial charge in [0.15, 0.2) is 0 Å². The summed E-state index contributed by atoms with van der Waals surface area (Å²) in [5, 5.41) is 16.2. The van der Waals surface area contributed by atoms with E-state index in [-0.39, 0.29) is 5.69 Å². The van der Waals surface area contributed by atoms with E-state index in [9.17, 15) is 10.1 Å². The van der Waals surface area contributed by atoms with E-state index in [0.717, 1.165) is 22.4 Å². The number of hydrogen-bond acceptors (Lipinski definition) is 5. The van der Waals surface area contributed by atoms with Crippen LogP contribution in [0.5, 0.6) is 5.75 Å². The van der Waals surface area contributed by atoms with E-state index in [1.165, 1.54) is 12.1 Å². The Kier molecular flexibility index (Phi) is 4.97. The molecule has 0 N–H and O–H groups in total. The minimum Gasteiger partial charge on any atom is -0.495 e. The van der Waals surface area contributed by atoms with Gasteiger partial charge in [-0.1, -0.05) is 17.7 Å². The number of nitro groups is 1. The maximum absolute atomic E-state index is 10.9. The fourth-order valence-corrected chi connectivity index (χ4v) is 3.19. The van der Waals surface area contributed by atoms with Crippen molar-refractivity contribution < 1.29 is 9.66 Å². The molecule has 2 aromatic heterocycles. The van der Waals surface area contributed by atoms with Crippen molar-refractivity contribution in [2.24, 2.45) is 0 Å². The van der Waals surface area contributed by atoms with Crippen LogP contribution in [0.4, 0.5) is 5.69 Å². The largest absolute Gasteiger partial charge is 0.495 e. The summed E-state index contributed by atoms with van der Waals surface area (Å²) < 4.78 is 7.03. The number of rotatable bonds is 5. The number of nitro benzene ring substituents is 1. The van der Waals surface area contributed by atoms with Gasteiger partial charge in [-0.05, 0) is 42.0 Å². The number of aromatic nitrogens is 3. The topological polar surface area (TPSA) is 83.1 Å². The molecule has 0 amide bonds. The summed E-state index contributed by atoms with van der Waals surface area (Å²) in [4.78, 5) is 14.6. The molecule has 144 valence electrons. The lowest BCUT2D eigenvalue weighted by molar-refractivity contribution is -0.384. The molecule has 2 heterocycles. The van der Waals surface area contributed by atoms with Crippen LogP contribution in [0.2, 0.25) is 5.02 Å². The highest BCUT2D eigenvalue weighted by Gasteiger charge is 2.16. The summed E-state index contributed by atoms with van der Waals surface area (Å²) in [6, 6.07) is 15.5. The third kappa shape index (κ3) is 3.68. The number of hydrogen-bond donors (Lipinski definition) is 0. The van der Waals surface area contributed by atoms with E-state index >= 15 is 0 Å². The Hall–Kier alpha value is -3.71. The van der Waals surface area contributed by atoms with Gasteiger partial charge in [0.2, 0.25) is 0 Å². The molecule has 4 rings (SSSR count). The van der Waals surface area contributed by atoms with Gasteiger partial charge in [-0.2, -0.15) is 5.10 Å². The molecule has 0 aliphatic carbocycles. The number of ether oxygens (including phenoxy) is 1. The third-order valence-electron chi connectivity index (χ3n) is 4.46. The van der Waals surface area contributed by atoms with Gasteiger partial charge in [0, 0.05) is 41.9 Å². The Bertz CT molecular complexity index is 1170. The van der Waals surface area contributed by atoms with Gasteiger partial charge in [-0.15, -0.1) is 0 Å². The lowest BCUT2D eigenvalue weighted by atomic mass is 10.0. The number of nitrogens with zero attached hydrogens (tertiary/aromatic N) is 4. The highest BCUT2D eigenvalue weighted by Crippen LogP contribution is 2.35. The predicted octanol–water partition coefficient (Wildman–Crippen LogP) is 5.17. The van der Waals surface area contributed by atoms with Crippen molar-refractivity contribution in [1.29, 1.82) is 0 Å². The highest BCUT2D eigenvalue weighted by atomic mass is 35.5. The number of pyridine rings is 1. The van der Waals surface area contributed by atoms with Crippen LogP contribution < -0.4 is 4.74 Å². The van der Waals surface area contributed by atoms with Crippen LogP contribution in [0.1, 0.15) is 0 Å². The second-order valence-corrected chi connectivity index (χ2v) is 6.60. The summed E-state index contributed by atoms with van der Waals surface area (Å²) >= 11 is 6.17. The zero-order chi connectivity index (χ0) is 20.4. The smallest absolute Gasteiger partial charge is 0.269 e. The molecule has 0 spiro atoms. The first-order chi connectivity index (χ1) is 14.1. The van der Waals surface area contributed by atoms with E-state index in [2.05, 4.69) is 4.98 Å². The van der Waals surface area contributed by atoms with Crippen molar-refractivity contribution in [3.63, 3.8) is 0 Å². The van der Waals surface area contributed by atoms with Gasteiger partial charge in [0.05, 0.1) is 22.7 Å². The van der Waals surface area contributed by atoms with Gasteiger partial charge < -0.3 is 4.74 Å². The number of halogens is 1. The van der Waals surface area contributed by atoms with E-state index in [1.807, 2.05) is 30.5 Å². The van der Waals surface area contributed by atoms with Crippen molar-refractivity contribution in [1.82, 2.24) is 14.8 Å². The summed E-state index contributed by atoms with van der Waals surface area (Å²) in [6.45, 7) is 0. The van der Waals surface area contributed by atoms with Crippen molar-refractivity contribution in [3.05, 3.63) is 88.3 Å². The average molecular weight is 407 g/mol. The monoisotopic (exact) mass is 406 g/mol. The van der Waals surface area contributed by atoms with Crippen LogP contribution in [0.15, 0.2) is 73.2 Å². The normalized spacial score (nSPS) is 10.7. The van der Waals surface area contributed by atoms with Crippen LogP contribution in [0.25, 0.3) is 28.1 Å². The van der Waals surface area contributed by atoms with Crippen LogP contribution in [0.3, 0.4) is 0 Å². The average Bonchev–Trinajstić information content (AvgIpc) is 3.20. The standard InChI is InChI=1S/C21H15ClN4O3/c1-29-20-12-15(2-7-19(20)22)21-18(14-8-10-23-11-9-14)13-25(24-21)16-3-5-17(6-4-16)26(27)28/h2-13H,1H3. The van der Waals surface area contributed by atoms with Gasteiger partial charge in [0.1, 0.15) is 11.4 Å². The fraction of sp³-hybridized carbons (Fsp3) is 0.0476. The Balaban J connectivity index is 1.86. The van der Waals surface area contributed by atoms with Gasteiger partial charge >= 0.3 is 0 Å². The number of methoxy groups -OCH3 is 1. The summed E-state index contributed by atoms with van der Waals surface area (Å²) in [5.41, 5.74) is 4.12. The maximum Gasteiger partial charge on any atom is 0.269 e. The molecule has 0 fully saturated rings. The summed E-state index contributed by atoms with van der Waals surface area (Å²) in [5.74, 6) is 0.551. The molecule has 0 aliphatic heterocycles. The van der Waals surface area contributed by atoms with Crippen molar-refractivity contribution >= 4 is 17.3 Å². The second kappa shape index (κ2) is 7.73. The molecule has 0 unspecified atom stereocenters. The molecule has 2 aromatic carbocycles. The molecule has 0 radical (unpaired) electrons. The maximum atomic E-state index is 10.9. The minimum atomic E-state index is -0.430. The quantitative estimate of drug-likeness (QED) is 0.337. The first-order valence-electron chi connectivity index (χ1n) is 8.65. The molecule has 0 aliphatic rings. The van der Waals surface area contributed by atoms with Gasteiger partial charge in [-0.3, -0.25) is 15.1 Å². The molecule has 29 heavy (non-hydrogen) atoms. The fourth-order valence-electron chi connectivity index (χ4n) is 3.00. The highest BCUT2D eigenvalue weighted by molar-refractivity contribution is 6.32. The molecule has 0 atom stereocenters. The number of benzene rings is 2. The van der Waals surface area contributed by atoms with Crippen LogP contribution in [-0.2, 0) is 0 Å². The molecule has 7 nitrogen and oxygen atoms in total. The first kappa shape index (κ1) is 18.6. The van der Waals surface area contributed by atoms with E-state index in [4.69, 9.17) is 21.4 Å². The Morgan fingerprint density at radius 2 is 1.76 bits per heavy atom. The van der Waals surface area contributed by atoms with E-state index in [0.29, 0.717) is 16.5 Å². The second-order valence-electron chi connectivity index (χ2n) is 6.19. The molecular weight excluding hydrogens is 392 g/mol. The summed E-state index contributed by atoms with van der Waals surface area (Å²) in [6.07, 6.45) is 5.31.